The molecule has 3 aromatic carbocycles. The van der Waals surface area contributed by atoms with Gasteiger partial charge in [-0.15, -0.1) is 0 Å². The summed E-state index contributed by atoms with van der Waals surface area (Å²) in [5, 5.41) is 14.0. The number of halogens is 1. The van der Waals surface area contributed by atoms with Crippen molar-refractivity contribution in [1.82, 2.24) is 20.1 Å². The Balaban J connectivity index is 1.50. The molecule has 4 aromatic rings. The van der Waals surface area contributed by atoms with E-state index in [1.807, 2.05) is 54.7 Å². The number of nitrogens with one attached hydrogen (secondary N) is 1. The number of H-pyrrole nitrogens is 1. The third kappa shape index (κ3) is 4.71. The van der Waals surface area contributed by atoms with Gasteiger partial charge in [0.1, 0.15) is 11.5 Å². The minimum Gasteiger partial charge on any atom is -0.303 e. The number of aromatic amines is 1. The minimum absolute atomic E-state index is 0.252. The van der Waals surface area contributed by atoms with Crippen LogP contribution in [0.3, 0.4) is 0 Å². The predicted molar refractivity (Wildman–Crippen MR) is 131 cm³/mol. The number of hydrogen-bond acceptors (Lipinski definition) is 4. The molecule has 166 valence electrons. The fourth-order valence-corrected chi connectivity index (χ4v) is 4.07. The van der Waals surface area contributed by atoms with Crippen LogP contribution in [0.2, 0.25) is 0 Å². The Bertz CT molecular complexity index is 1230. The second-order valence-corrected chi connectivity index (χ2v) is 8.33. The van der Waals surface area contributed by atoms with E-state index in [4.69, 9.17) is 5.10 Å². The van der Waals surface area contributed by atoms with E-state index in [-0.39, 0.29) is 5.82 Å². The zero-order valence-corrected chi connectivity index (χ0v) is 18.6. The van der Waals surface area contributed by atoms with Gasteiger partial charge in [-0.05, 0) is 41.9 Å². The van der Waals surface area contributed by atoms with Crippen molar-refractivity contribution < 1.29 is 4.39 Å². The first-order valence-corrected chi connectivity index (χ1v) is 11.1. The summed E-state index contributed by atoms with van der Waals surface area (Å²) in [6.07, 6.45) is 3.58. The van der Waals surface area contributed by atoms with Crippen LogP contribution in [0.1, 0.15) is 11.1 Å². The Morgan fingerprint density at radius 3 is 2.24 bits per heavy atom. The molecule has 0 aliphatic carbocycles. The summed E-state index contributed by atoms with van der Waals surface area (Å²) in [6.45, 7) is 3.63. The summed E-state index contributed by atoms with van der Waals surface area (Å²) in [5.41, 5.74) is 6.16. The lowest BCUT2D eigenvalue weighted by molar-refractivity contribution is 0.159. The quantitative estimate of drug-likeness (QED) is 0.451. The maximum absolute atomic E-state index is 14.9. The van der Waals surface area contributed by atoms with Crippen LogP contribution in [0.15, 0.2) is 90.3 Å². The molecular weight excluding hydrogens is 413 g/mol. The van der Waals surface area contributed by atoms with Gasteiger partial charge in [-0.3, -0.25) is 10.1 Å². The normalized spacial score (nSPS) is 15.1. The van der Waals surface area contributed by atoms with E-state index in [2.05, 4.69) is 39.3 Å². The minimum atomic E-state index is -0.252. The lowest BCUT2D eigenvalue weighted by Gasteiger charge is -2.31. The highest BCUT2D eigenvalue weighted by Gasteiger charge is 2.17. The Morgan fingerprint density at radius 2 is 1.55 bits per heavy atom. The van der Waals surface area contributed by atoms with E-state index in [1.54, 1.807) is 12.3 Å². The van der Waals surface area contributed by atoms with Crippen molar-refractivity contribution in [2.24, 2.45) is 5.10 Å². The predicted octanol–water partition coefficient (Wildman–Crippen LogP) is 4.88. The number of hydrogen-bond donors (Lipinski definition) is 1. The van der Waals surface area contributed by atoms with Crippen LogP contribution in [0, 0.1) is 5.82 Å². The summed E-state index contributed by atoms with van der Waals surface area (Å²) in [4.78, 5) is 2.29. The molecule has 0 radical (unpaired) electrons. The molecule has 1 aliphatic heterocycles. The van der Waals surface area contributed by atoms with E-state index in [1.165, 1.54) is 6.07 Å². The van der Waals surface area contributed by atoms with Crippen LogP contribution in [0.25, 0.3) is 22.3 Å². The SMILES string of the molecule is CN1CCN(N=C(c2cn[nH]c2)c2ccc(F)c(-c3ccc(-c4ccccc4)cc3)c2)CC1. The van der Waals surface area contributed by atoms with E-state index in [9.17, 15) is 4.39 Å². The van der Waals surface area contributed by atoms with Gasteiger partial charge in [0, 0.05) is 49.1 Å². The fourth-order valence-electron chi connectivity index (χ4n) is 4.07. The highest BCUT2D eigenvalue weighted by atomic mass is 19.1. The Kier molecular flexibility index (Phi) is 6.00. The molecule has 33 heavy (non-hydrogen) atoms. The molecule has 5 nitrogen and oxygen atoms in total. The first-order chi connectivity index (χ1) is 16.2. The maximum Gasteiger partial charge on any atom is 0.131 e. The van der Waals surface area contributed by atoms with E-state index in [0.717, 1.165) is 59.7 Å². The standard InChI is InChI=1S/C27H26FN5/c1-32-13-15-33(16-14-32)31-27(24-18-29-30-19-24)23-11-12-26(28)25(17-23)22-9-7-21(8-10-22)20-5-3-2-4-6-20/h2-12,17-19H,13-16H2,1H3,(H,29,30). The van der Waals surface area contributed by atoms with Gasteiger partial charge in [0.2, 0.25) is 0 Å². The molecule has 5 rings (SSSR count). The highest BCUT2D eigenvalue weighted by molar-refractivity contribution is 6.13. The van der Waals surface area contributed by atoms with Crippen LogP contribution in [0.4, 0.5) is 4.39 Å². The number of hydrazone groups is 1. The lowest BCUT2D eigenvalue weighted by atomic mass is 9.96. The van der Waals surface area contributed by atoms with Crippen LogP contribution in [-0.4, -0.2) is 59.0 Å². The zero-order chi connectivity index (χ0) is 22.6. The fraction of sp³-hybridized carbons (Fsp3) is 0.185. The smallest absolute Gasteiger partial charge is 0.131 e. The molecule has 1 fully saturated rings. The molecule has 0 amide bonds. The molecule has 1 N–H and O–H groups in total. The number of nitrogens with zero attached hydrogens (tertiary/aromatic N) is 4. The van der Waals surface area contributed by atoms with Crippen molar-refractivity contribution in [2.45, 2.75) is 0 Å². The topological polar surface area (TPSA) is 47.5 Å². The molecule has 2 heterocycles. The van der Waals surface area contributed by atoms with Gasteiger partial charge in [0.05, 0.1) is 6.20 Å². The molecule has 0 unspecified atom stereocenters. The number of likely N-dealkylation sites (N-methyl/N-ethyl adjacent to an activating group) is 1. The number of benzene rings is 3. The van der Waals surface area contributed by atoms with Crippen molar-refractivity contribution in [2.75, 3.05) is 33.2 Å². The average molecular weight is 440 g/mol. The molecule has 0 saturated carbocycles. The van der Waals surface area contributed by atoms with Gasteiger partial charge in [0.25, 0.3) is 0 Å². The van der Waals surface area contributed by atoms with E-state index < -0.39 is 0 Å². The van der Waals surface area contributed by atoms with Gasteiger partial charge < -0.3 is 4.90 Å². The third-order valence-electron chi connectivity index (χ3n) is 6.04. The van der Waals surface area contributed by atoms with Gasteiger partial charge in [-0.1, -0.05) is 54.6 Å². The summed E-state index contributed by atoms with van der Waals surface area (Å²) < 4.78 is 14.9. The molecule has 0 atom stereocenters. The van der Waals surface area contributed by atoms with Crippen molar-refractivity contribution in [1.29, 1.82) is 0 Å². The monoisotopic (exact) mass is 439 g/mol. The zero-order valence-electron chi connectivity index (χ0n) is 18.6. The molecular formula is C27H26FN5. The van der Waals surface area contributed by atoms with Crippen LogP contribution in [0.5, 0.6) is 0 Å². The van der Waals surface area contributed by atoms with Crippen LogP contribution in [-0.2, 0) is 0 Å². The summed E-state index contributed by atoms with van der Waals surface area (Å²) in [5.74, 6) is -0.252. The highest BCUT2D eigenvalue weighted by Crippen LogP contribution is 2.28. The average Bonchev–Trinajstić information content (AvgIpc) is 3.40. The molecule has 0 spiro atoms. The first-order valence-electron chi connectivity index (χ1n) is 11.1. The number of aromatic nitrogens is 2. The van der Waals surface area contributed by atoms with Gasteiger partial charge >= 0.3 is 0 Å². The molecule has 1 aliphatic rings. The Morgan fingerprint density at radius 1 is 0.848 bits per heavy atom. The van der Waals surface area contributed by atoms with Gasteiger partial charge in [-0.2, -0.15) is 10.2 Å². The molecule has 1 aromatic heterocycles. The second-order valence-electron chi connectivity index (χ2n) is 8.33. The number of piperazine rings is 1. The second kappa shape index (κ2) is 9.38. The third-order valence-corrected chi connectivity index (χ3v) is 6.04. The van der Waals surface area contributed by atoms with Crippen molar-refractivity contribution in [3.05, 3.63) is 102 Å². The number of rotatable bonds is 5. The Hall–Kier alpha value is -3.77. The van der Waals surface area contributed by atoms with E-state index >= 15 is 0 Å². The van der Waals surface area contributed by atoms with Crippen LogP contribution < -0.4 is 0 Å². The largest absolute Gasteiger partial charge is 0.303 e. The Labute approximate surface area is 193 Å². The maximum atomic E-state index is 14.9. The summed E-state index contributed by atoms with van der Waals surface area (Å²) >= 11 is 0. The van der Waals surface area contributed by atoms with Crippen molar-refractivity contribution in [3.8, 4) is 22.3 Å². The summed E-state index contributed by atoms with van der Waals surface area (Å²) in [7, 11) is 2.12. The van der Waals surface area contributed by atoms with Gasteiger partial charge in [0.15, 0.2) is 0 Å². The van der Waals surface area contributed by atoms with E-state index in [0.29, 0.717) is 5.56 Å². The summed E-state index contributed by atoms with van der Waals surface area (Å²) in [6, 6.07) is 23.4. The van der Waals surface area contributed by atoms with Gasteiger partial charge in [-0.25, -0.2) is 4.39 Å². The van der Waals surface area contributed by atoms with Crippen LogP contribution >= 0.6 is 0 Å². The molecule has 6 heteroatoms. The first kappa shape index (κ1) is 21.1. The molecule has 1 saturated heterocycles. The molecule has 0 bridgehead atoms. The van der Waals surface area contributed by atoms with Crippen molar-refractivity contribution >= 4 is 5.71 Å². The lowest BCUT2D eigenvalue weighted by Crippen LogP contribution is -2.42. The van der Waals surface area contributed by atoms with Crippen molar-refractivity contribution in [3.63, 3.8) is 0 Å².